The Morgan fingerprint density at radius 3 is 2.69 bits per heavy atom. The van der Waals surface area contributed by atoms with Crippen molar-refractivity contribution < 1.29 is 4.74 Å². The van der Waals surface area contributed by atoms with Gasteiger partial charge in [0.2, 0.25) is 0 Å². The molecule has 0 radical (unpaired) electrons. The lowest BCUT2D eigenvalue weighted by atomic mass is 10.1. The summed E-state index contributed by atoms with van der Waals surface area (Å²) in [5.74, 6) is 1.84. The molecule has 0 atom stereocenters. The molecule has 2 aromatic rings. The van der Waals surface area contributed by atoms with E-state index in [1.165, 1.54) is 5.56 Å². The highest BCUT2D eigenvalue weighted by Gasteiger charge is 2.06. The molecule has 4 heteroatoms. The number of ether oxygens (including phenoxy) is 1. The summed E-state index contributed by atoms with van der Waals surface area (Å²) < 4.78 is 5.13. The van der Waals surface area contributed by atoms with E-state index >= 15 is 0 Å². The Morgan fingerprint density at radius 1 is 1.31 bits per heavy atom. The number of rotatable bonds is 4. The maximum absolute atomic E-state index is 5.13. The van der Waals surface area contributed by atoms with Crippen LogP contribution >= 0.6 is 11.8 Å². The van der Waals surface area contributed by atoms with Gasteiger partial charge in [0.05, 0.1) is 19.0 Å². The van der Waals surface area contributed by atoms with Gasteiger partial charge in [-0.3, -0.25) is 5.10 Å². The molecule has 0 unspecified atom stereocenters. The molecule has 0 spiro atoms. The predicted octanol–water partition coefficient (Wildman–Crippen LogP) is 2.95. The van der Waals surface area contributed by atoms with Crippen LogP contribution in [0.15, 0.2) is 30.5 Å². The van der Waals surface area contributed by atoms with Gasteiger partial charge in [0.25, 0.3) is 0 Å². The second-order valence-electron chi connectivity index (χ2n) is 3.43. The first kappa shape index (κ1) is 11.1. The van der Waals surface area contributed by atoms with Gasteiger partial charge in [-0.05, 0) is 30.5 Å². The van der Waals surface area contributed by atoms with Gasteiger partial charge < -0.3 is 4.74 Å². The molecular weight excluding hydrogens is 220 g/mol. The molecule has 1 heterocycles. The average Bonchev–Trinajstić information content (AvgIpc) is 2.78. The monoisotopic (exact) mass is 234 g/mol. The minimum atomic E-state index is 0.870. The number of aromatic amines is 1. The van der Waals surface area contributed by atoms with E-state index in [0.29, 0.717) is 0 Å². The Balaban J connectivity index is 2.31. The Kier molecular flexibility index (Phi) is 3.51. The van der Waals surface area contributed by atoms with E-state index in [9.17, 15) is 0 Å². The summed E-state index contributed by atoms with van der Waals surface area (Å²) in [4.78, 5) is 0. The smallest absolute Gasteiger partial charge is 0.118 e. The fourth-order valence-electron chi connectivity index (χ4n) is 1.58. The summed E-state index contributed by atoms with van der Waals surface area (Å²) in [6.45, 7) is 0. The van der Waals surface area contributed by atoms with Crippen LogP contribution in [0.4, 0.5) is 0 Å². The molecule has 0 aliphatic rings. The Morgan fingerprint density at radius 2 is 2.06 bits per heavy atom. The first-order valence-electron chi connectivity index (χ1n) is 5.00. The zero-order valence-corrected chi connectivity index (χ0v) is 10.2. The van der Waals surface area contributed by atoms with Gasteiger partial charge in [-0.2, -0.15) is 16.9 Å². The number of nitrogens with zero attached hydrogens (tertiary/aromatic N) is 1. The van der Waals surface area contributed by atoms with Crippen molar-refractivity contribution in [3.8, 4) is 17.0 Å². The number of H-pyrrole nitrogens is 1. The molecule has 0 aliphatic carbocycles. The number of methoxy groups -OCH3 is 1. The molecule has 0 saturated heterocycles. The van der Waals surface area contributed by atoms with Crippen molar-refractivity contribution in [1.82, 2.24) is 10.2 Å². The third-order valence-corrected chi connectivity index (χ3v) is 3.00. The van der Waals surface area contributed by atoms with Crippen molar-refractivity contribution in [2.24, 2.45) is 0 Å². The normalized spacial score (nSPS) is 10.4. The lowest BCUT2D eigenvalue weighted by molar-refractivity contribution is 0.415. The van der Waals surface area contributed by atoms with Gasteiger partial charge in [0.1, 0.15) is 5.75 Å². The van der Waals surface area contributed by atoms with Crippen LogP contribution in [0, 0.1) is 0 Å². The summed E-state index contributed by atoms with van der Waals surface area (Å²) >= 11 is 1.79. The highest BCUT2D eigenvalue weighted by atomic mass is 32.2. The number of aromatic nitrogens is 2. The lowest BCUT2D eigenvalue weighted by Gasteiger charge is -2.03. The Hall–Kier alpha value is -1.42. The molecule has 1 aromatic heterocycles. The standard InChI is InChI=1S/C12H14N2OS/c1-15-11-5-3-9(4-6-11)12-10(8-16-2)7-13-14-12/h3-7H,8H2,1-2H3,(H,13,14). The molecule has 84 valence electrons. The lowest BCUT2D eigenvalue weighted by Crippen LogP contribution is -1.86. The third-order valence-electron chi connectivity index (χ3n) is 2.40. The van der Waals surface area contributed by atoms with Crippen LogP contribution < -0.4 is 4.74 Å². The second kappa shape index (κ2) is 5.07. The first-order chi connectivity index (χ1) is 7.85. The Labute approximate surface area is 99.2 Å². The summed E-state index contributed by atoms with van der Waals surface area (Å²) in [5.41, 5.74) is 3.47. The molecule has 0 bridgehead atoms. The zero-order chi connectivity index (χ0) is 11.4. The second-order valence-corrected chi connectivity index (χ2v) is 4.30. The van der Waals surface area contributed by atoms with Crippen LogP contribution in [0.2, 0.25) is 0 Å². The van der Waals surface area contributed by atoms with E-state index in [1.807, 2.05) is 30.5 Å². The number of hydrogen-bond acceptors (Lipinski definition) is 3. The summed E-state index contributed by atoms with van der Waals surface area (Å²) in [7, 11) is 1.67. The van der Waals surface area contributed by atoms with Crippen LogP contribution in [-0.2, 0) is 5.75 Å². The fourth-order valence-corrected chi connectivity index (χ4v) is 2.11. The molecular formula is C12H14N2OS. The fraction of sp³-hybridized carbons (Fsp3) is 0.250. The number of thioether (sulfide) groups is 1. The molecule has 3 nitrogen and oxygen atoms in total. The summed E-state index contributed by atoms with van der Waals surface area (Å²) in [6, 6.07) is 7.99. The van der Waals surface area contributed by atoms with Crippen molar-refractivity contribution in [2.75, 3.05) is 13.4 Å². The SMILES string of the molecule is COc1ccc(-c2[nH]ncc2CSC)cc1. The van der Waals surface area contributed by atoms with Crippen molar-refractivity contribution in [3.05, 3.63) is 36.0 Å². The van der Waals surface area contributed by atoms with Crippen molar-refractivity contribution in [1.29, 1.82) is 0 Å². The van der Waals surface area contributed by atoms with E-state index in [0.717, 1.165) is 22.8 Å². The van der Waals surface area contributed by atoms with Crippen LogP contribution in [0.5, 0.6) is 5.75 Å². The molecule has 0 saturated carbocycles. The molecule has 0 fully saturated rings. The van der Waals surface area contributed by atoms with Gasteiger partial charge in [0, 0.05) is 16.9 Å². The van der Waals surface area contributed by atoms with Crippen LogP contribution in [0.1, 0.15) is 5.56 Å². The third kappa shape index (κ3) is 2.22. The number of benzene rings is 1. The van der Waals surface area contributed by atoms with Crippen molar-refractivity contribution in [2.45, 2.75) is 5.75 Å². The Bertz CT molecular complexity index is 450. The summed E-state index contributed by atoms with van der Waals surface area (Å²) in [5, 5.41) is 7.13. The largest absolute Gasteiger partial charge is 0.497 e. The van der Waals surface area contributed by atoms with Crippen LogP contribution in [0.25, 0.3) is 11.3 Å². The highest BCUT2D eigenvalue weighted by molar-refractivity contribution is 7.97. The van der Waals surface area contributed by atoms with Gasteiger partial charge in [-0.25, -0.2) is 0 Å². The van der Waals surface area contributed by atoms with Crippen LogP contribution in [-0.4, -0.2) is 23.6 Å². The van der Waals surface area contributed by atoms with E-state index in [4.69, 9.17) is 4.74 Å². The molecule has 16 heavy (non-hydrogen) atoms. The van der Waals surface area contributed by atoms with E-state index in [-0.39, 0.29) is 0 Å². The maximum Gasteiger partial charge on any atom is 0.118 e. The molecule has 0 aliphatic heterocycles. The van der Waals surface area contributed by atoms with Gasteiger partial charge in [-0.15, -0.1) is 0 Å². The van der Waals surface area contributed by atoms with Crippen LogP contribution in [0.3, 0.4) is 0 Å². The minimum absolute atomic E-state index is 0.870. The number of nitrogens with one attached hydrogen (secondary N) is 1. The van der Waals surface area contributed by atoms with E-state index in [1.54, 1.807) is 18.9 Å². The maximum atomic E-state index is 5.13. The highest BCUT2D eigenvalue weighted by Crippen LogP contribution is 2.25. The van der Waals surface area contributed by atoms with Gasteiger partial charge in [-0.1, -0.05) is 0 Å². The molecule has 0 amide bonds. The molecule has 1 aromatic carbocycles. The quantitative estimate of drug-likeness (QED) is 0.883. The van der Waals surface area contributed by atoms with Gasteiger partial charge in [0.15, 0.2) is 0 Å². The summed E-state index contributed by atoms with van der Waals surface area (Å²) in [6.07, 6.45) is 3.97. The predicted molar refractivity (Wildman–Crippen MR) is 67.8 cm³/mol. The first-order valence-corrected chi connectivity index (χ1v) is 6.40. The van der Waals surface area contributed by atoms with Gasteiger partial charge >= 0.3 is 0 Å². The zero-order valence-electron chi connectivity index (χ0n) is 9.36. The minimum Gasteiger partial charge on any atom is -0.497 e. The van der Waals surface area contributed by atoms with E-state index < -0.39 is 0 Å². The topological polar surface area (TPSA) is 37.9 Å². The van der Waals surface area contributed by atoms with Crippen molar-refractivity contribution in [3.63, 3.8) is 0 Å². The molecule has 2 rings (SSSR count). The van der Waals surface area contributed by atoms with Crippen molar-refractivity contribution >= 4 is 11.8 Å². The van der Waals surface area contributed by atoms with E-state index in [2.05, 4.69) is 16.5 Å². The average molecular weight is 234 g/mol. The number of hydrogen-bond donors (Lipinski definition) is 1. The molecule has 1 N–H and O–H groups in total.